The van der Waals surface area contributed by atoms with Gasteiger partial charge in [-0.05, 0) is 32.2 Å². The predicted octanol–water partition coefficient (Wildman–Crippen LogP) is 2.95. The average molecular weight is 247 g/mol. The van der Waals surface area contributed by atoms with Gasteiger partial charge in [0.1, 0.15) is 0 Å². The zero-order chi connectivity index (χ0) is 12.7. The molecular weight excluding hydrogens is 218 g/mol. The normalized spacial score (nSPS) is 19.4. The molecule has 3 heteroatoms. The number of nitrogens with one attached hydrogen (secondary N) is 1. The molecule has 0 saturated heterocycles. The van der Waals surface area contributed by atoms with E-state index in [0.717, 1.165) is 19.4 Å². The summed E-state index contributed by atoms with van der Waals surface area (Å²) in [4.78, 5) is 0. The first-order chi connectivity index (χ1) is 7.45. The van der Waals surface area contributed by atoms with Gasteiger partial charge in [0.15, 0.2) is 0 Å². The molecule has 0 amide bonds. The van der Waals surface area contributed by atoms with E-state index in [-0.39, 0.29) is 10.5 Å². The number of rotatable bonds is 8. The lowest BCUT2D eigenvalue weighted by atomic mass is 10.1. The highest BCUT2D eigenvalue weighted by atomic mass is 32.2. The summed E-state index contributed by atoms with van der Waals surface area (Å²) in [5.74, 6) is 0.493. The maximum atomic E-state index is 12.3. The van der Waals surface area contributed by atoms with E-state index in [1.165, 1.54) is 0 Å². The van der Waals surface area contributed by atoms with Gasteiger partial charge in [0, 0.05) is 27.3 Å². The highest BCUT2D eigenvalue weighted by Gasteiger charge is 2.26. The monoisotopic (exact) mass is 247 g/mol. The fourth-order valence-corrected chi connectivity index (χ4v) is 3.57. The molecule has 0 aliphatic rings. The zero-order valence-electron chi connectivity index (χ0n) is 11.7. The van der Waals surface area contributed by atoms with Crippen molar-refractivity contribution in [2.75, 3.05) is 6.54 Å². The van der Waals surface area contributed by atoms with Crippen molar-refractivity contribution in [3.05, 3.63) is 0 Å². The SMILES string of the molecule is CCCNC(CC)C(C)S(=O)C(C)C(C)C. The van der Waals surface area contributed by atoms with Gasteiger partial charge in [-0.15, -0.1) is 0 Å². The van der Waals surface area contributed by atoms with E-state index in [2.05, 4.69) is 46.9 Å². The van der Waals surface area contributed by atoms with Gasteiger partial charge < -0.3 is 5.32 Å². The van der Waals surface area contributed by atoms with E-state index in [9.17, 15) is 4.21 Å². The summed E-state index contributed by atoms with van der Waals surface area (Å²) >= 11 is 0. The molecule has 0 fully saturated rings. The summed E-state index contributed by atoms with van der Waals surface area (Å²) in [5.41, 5.74) is 0. The maximum Gasteiger partial charge on any atom is 0.0475 e. The Hall–Kier alpha value is 0.110. The molecule has 0 aromatic carbocycles. The summed E-state index contributed by atoms with van der Waals surface area (Å²) in [5, 5.41) is 4.03. The van der Waals surface area contributed by atoms with Crippen LogP contribution in [0.4, 0.5) is 0 Å². The Kier molecular flexibility index (Phi) is 8.29. The molecule has 0 rings (SSSR count). The fourth-order valence-electron chi connectivity index (χ4n) is 1.74. The molecule has 0 heterocycles. The van der Waals surface area contributed by atoms with Crippen LogP contribution in [0.1, 0.15) is 54.4 Å². The quantitative estimate of drug-likeness (QED) is 0.714. The van der Waals surface area contributed by atoms with Crippen molar-refractivity contribution in [2.24, 2.45) is 5.92 Å². The van der Waals surface area contributed by atoms with Crippen LogP contribution in [0.2, 0.25) is 0 Å². The van der Waals surface area contributed by atoms with E-state index in [0.29, 0.717) is 12.0 Å². The topological polar surface area (TPSA) is 29.1 Å². The number of hydrogen-bond donors (Lipinski definition) is 1. The molecule has 0 bridgehead atoms. The fraction of sp³-hybridized carbons (Fsp3) is 1.00. The van der Waals surface area contributed by atoms with Crippen LogP contribution in [-0.2, 0) is 10.8 Å². The van der Waals surface area contributed by atoms with Gasteiger partial charge in [0.2, 0.25) is 0 Å². The molecule has 0 aliphatic heterocycles. The largest absolute Gasteiger partial charge is 0.313 e. The predicted molar refractivity (Wildman–Crippen MR) is 74.3 cm³/mol. The van der Waals surface area contributed by atoms with E-state index in [1.807, 2.05) is 0 Å². The Morgan fingerprint density at radius 1 is 1.06 bits per heavy atom. The molecule has 4 atom stereocenters. The second kappa shape index (κ2) is 8.24. The molecule has 0 radical (unpaired) electrons. The van der Waals surface area contributed by atoms with Gasteiger partial charge >= 0.3 is 0 Å². The summed E-state index contributed by atoms with van der Waals surface area (Å²) in [6.07, 6.45) is 2.19. The van der Waals surface area contributed by atoms with E-state index >= 15 is 0 Å². The first-order valence-electron chi connectivity index (χ1n) is 6.58. The van der Waals surface area contributed by atoms with Gasteiger partial charge in [-0.2, -0.15) is 0 Å². The molecule has 0 aromatic heterocycles. The lowest BCUT2D eigenvalue weighted by molar-refractivity contribution is 0.481. The minimum atomic E-state index is -0.736. The van der Waals surface area contributed by atoms with Crippen LogP contribution in [-0.4, -0.2) is 27.3 Å². The summed E-state index contributed by atoms with van der Waals surface area (Å²) in [6.45, 7) is 13.9. The third-order valence-corrected chi connectivity index (χ3v) is 5.67. The third-order valence-electron chi connectivity index (χ3n) is 3.33. The molecule has 1 N–H and O–H groups in total. The van der Waals surface area contributed by atoms with Gasteiger partial charge in [0.25, 0.3) is 0 Å². The van der Waals surface area contributed by atoms with Gasteiger partial charge in [0.05, 0.1) is 0 Å². The molecule has 2 nitrogen and oxygen atoms in total. The van der Waals surface area contributed by atoms with E-state index in [4.69, 9.17) is 0 Å². The van der Waals surface area contributed by atoms with Crippen molar-refractivity contribution in [3.63, 3.8) is 0 Å². The molecule has 4 unspecified atom stereocenters. The molecule has 0 saturated carbocycles. The second-order valence-corrected chi connectivity index (χ2v) is 7.10. The lowest BCUT2D eigenvalue weighted by Gasteiger charge is -2.27. The Balaban J connectivity index is 4.37. The van der Waals surface area contributed by atoms with Crippen molar-refractivity contribution >= 4 is 10.8 Å². The van der Waals surface area contributed by atoms with Crippen LogP contribution in [0.5, 0.6) is 0 Å². The zero-order valence-corrected chi connectivity index (χ0v) is 12.6. The van der Waals surface area contributed by atoms with Crippen molar-refractivity contribution < 1.29 is 4.21 Å². The van der Waals surface area contributed by atoms with Crippen LogP contribution in [0.25, 0.3) is 0 Å². The maximum absolute atomic E-state index is 12.3. The van der Waals surface area contributed by atoms with Crippen LogP contribution in [0.15, 0.2) is 0 Å². The molecule has 0 aromatic rings. The van der Waals surface area contributed by atoms with Crippen molar-refractivity contribution in [2.45, 2.75) is 70.9 Å². The Bertz CT molecular complexity index is 206. The van der Waals surface area contributed by atoms with E-state index < -0.39 is 10.8 Å². The molecule has 0 aliphatic carbocycles. The summed E-state index contributed by atoms with van der Waals surface area (Å²) < 4.78 is 12.3. The summed E-state index contributed by atoms with van der Waals surface area (Å²) in [7, 11) is -0.736. The van der Waals surface area contributed by atoms with E-state index in [1.54, 1.807) is 0 Å². The first kappa shape index (κ1) is 16.1. The van der Waals surface area contributed by atoms with Crippen molar-refractivity contribution in [1.29, 1.82) is 0 Å². The van der Waals surface area contributed by atoms with Crippen LogP contribution < -0.4 is 5.32 Å². The van der Waals surface area contributed by atoms with Gasteiger partial charge in [-0.1, -0.05) is 34.6 Å². The minimum absolute atomic E-state index is 0.244. The second-order valence-electron chi connectivity index (χ2n) is 4.95. The smallest absolute Gasteiger partial charge is 0.0475 e. The van der Waals surface area contributed by atoms with Crippen LogP contribution in [0, 0.1) is 5.92 Å². The van der Waals surface area contributed by atoms with Crippen LogP contribution >= 0.6 is 0 Å². The lowest BCUT2D eigenvalue weighted by Crippen LogP contribution is -2.43. The van der Waals surface area contributed by atoms with Gasteiger partial charge in [-0.25, -0.2) is 0 Å². The van der Waals surface area contributed by atoms with Crippen molar-refractivity contribution in [1.82, 2.24) is 5.32 Å². The average Bonchev–Trinajstić information content (AvgIpc) is 2.27. The Labute approximate surface area is 104 Å². The van der Waals surface area contributed by atoms with Crippen molar-refractivity contribution in [3.8, 4) is 0 Å². The molecule has 16 heavy (non-hydrogen) atoms. The number of hydrogen-bond acceptors (Lipinski definition) is 2. The summed E-state index contributed by atoms with van der Waals surface area (Å²) in [6, 6.07) is 0.391. The first-order valence-corrected chi connectivity index (χ1v) is 7.85. The van der Waals surface area contributed by atoms with Gasteiger partial charge in [-0.3, -0.25) is 4.21 Å². The highest BCUT2D eigenvalue weighted by Crippen LogP contribution is 2.16. The third kappa shape index (κ3) is 4.96. The molecule has 0 spiro atoms. The highest BCUT2D eigenvalue weighted by molar-refractivity contribution is 7.86. The van der Waals surface area contributed by atoms with Crippen LogP contribution in [0.3, 0.4) is 0 Å². The molecular formula is C13H29NOS. The molecule has 98 valence electrons. The standard InChI is InChI=1S/C13H29NOS/c1-7-9-14-13(8-2)12(6)16(15)11(5)10(3)4/h10-14H,7-9H2,1-6H3. The Morgan fingerprint density at radius 2 is 1.62 bits per heavy atom. The minimum Gasteiger partial charge on any atom is -0.313 e. The Morgan fingerprint density at radius 3 is 2.00 bits per heavy atom.